The van der Waals surface area contributed by atoms with Gasteiger partial charge in [-0.05, 0) is 31.7 Å². The fraction of sp³-hybridized carbons (Fsp3) is 0.615. The first-order chi connectivity index (χ1) is 8.56. The second kappa shape index (κ2) is 7.43. The quantitative estimate of drug-likeness (QED) is 0.736. The molecule has 0 fully saturated rings. The Kier molecular flexibility index (Phi) is 6.21. The number of aromatic nitrogens is 1. The van der Waals surface area contributed by atoms with Gasteiger partial charge < -0.3 is 15.6 Å². The summed E-state index contributed by atoms with van der Waals surface area (Å²) in [5, 5.41) is 9.78. The zero-order chi connectivity index (χ0) is 13.5. The fourth-order valence-corrected chi connectivity index (χ4v) is 2.21. The van der Waals surface area contributed by atoms with Crippen molar-refractivity contribution in [1.29, 1.82) is 0 Å². The number of rotatable bonds is 7. The Hall–Kier alpha value is -1.01. The Balaban J connectivity index is 2.73. The normalized spacial score (nSPS) is 16.6. The fourth-order valence-electron chi connectivity index (χ4n) is 2.21. The summed E-state index contributed by atoms with van der Waals surface area (Å²) in [6.07, 6.45) is 3.00. The van der Waals surface area contributed by atoms with Crippen LogP contribution in [0.5, 0.6) is 0 Å². The average Bonchev–Trinajstić information content (AvgIpc) is 2.30. The van der Waals surface area contributed by atoms with Crippen LogP contribution in [0.3, 0.4) is 0 Å². The summed E-state index contributed by atoms with van der Waals surface area (Å²) in [6, 6.07) is 3.92. The van der Waals surface area contributed by atoms with Gasteiger partial charge in [-0.15, -0.1) is 0 Å². The SMILES string of the molecule is COCC(O)CN(C)C(c1ccncc1)C(C)N. The number of likely N-dealkylation sites (N-methyl/N-ethyl adjacent to an activating group) is 1. The summed E-state index contributed by atoms with van der Waals surface area (Å²) in [4.78, 5) is 6.05. The summed E-state index contributed by atoms with van der Waals surface area (Å²) in [6.45, 7) is 2.80. The van der Waals surface area contributed by atoms with E-state index in [-0.39, 0.29) is 12.1 Å². The van der Waals surface area contributed by atoms with Gasteiger partial charge in [-0.2, -0.15) is 0 Å². The lowest BCUT2D eigenvalue weighted by Crippen LogP contribution is -2.41. The van der Waals surface area contributed by atoms with Crippen LogP contribution in [0.1, 0.15) is 18.5 Å². The zero-order valence-electron chi connectivity index (χ0n) is 11.3. The monoisotopic (exact) mass is 253 g/mol. The van der Waals surface area contributed by atoms with Crippen molar-refractivity contribution >= 4 is 0 Å². The molecule has 102 valence electrons. The maximum atomic E-state index is 9.78. The second-order valence-electron chi connectivity index (χ2n) is 4.63. The number of ether oxygens (including phenoxy) is 1. The Labute approximate surface area is 109 Å². The number of hydrogen-bond acceptors (Lipinski definition) is 5. The molecule has 1 heterocycles. The van der Waals surface area contributed by atoms with Gasteiger partial charge in [0.05, 0.1) is 12.7 Å². The first-order valence-corrected chi connectivity index (χ1v) is 6.09. The summed E-state index contributed by atoms with van der Waals surface area (Å²) in [5.41, 5.74) is 7.15. The van der Waals surface area contributed by atoms with Crippen molar-refractivity contribution in [3.63, 3.8) is 0 Å². The van der Waals surface area contributed by atoms with Gasteiger partial charge in [-0.25, -0.2) is 0 Å². The first-order valence-electron chi connectivity index (χ1n) is 6.09. The molecule has 3 N–H and O–H groups in total. The Morgan fingerprint density at radius 1 is 1.44 bits per heavy atom. The molecule has 0 saturated heterocycles. The van der Waals surface area contributed by atoms with Crippen molar-refractivity contribution in [2.45, 2.75) is 25.1 Å². The van der Waals surface area contributed by atoms with Gasteiger partial charge in [0.1, 0.15) is 0 Å². The standard InChI is InChI=1S/C13H23N3O2/c1-10(14)13(11-4-6-15-7-5-11)16(2)8-12(17)9-18-3/h4-7,10,12-13,17H,8-9,14H2,1-3H3. The molecule has 0 aliphatic rings. The van der Waals surface area contributed by atoms with Gasteiger partial charge in [-0.3, -0.25) is 9.88 Å². The molecule has 0 aliphatic carbocycles. The molecule has 1 aromatic rings. The topological polar surface area (TPSA) is 71.6 Å². The highest BCUT2D eigenvalue weighted by molar-refractivity contribution is 5.17. The van der Waals surface area contributed by atoms with Crippen molar-refractivity contribution in [2.75, 3.05) is 27.3 Å². The summed E-state index contributed by atoms with van der Waals surface area (Å²) in [7, 11) is 3.53. The van der Waals surface area contributed by atoms with Crippen LogP contribution < -0.4 is 5.73 Å². The number of pyridine rings is 1. The minimum atomic E-state index is -0.511. The third kappa shape index (κ3) is 4.34. The molecule has 0 bridgehead atoms. The number of hydrogen-bond donors (Lipinski definition) is 2. The summed E-state index contributed by atoms with van der Waals surface area (Å²) in [5.74, 6) is 0. The molecule has 18 heavy (non-hydrogen) atoms. The van der Waals surface area contributed by atoms with E-state index in [0.717, 1.165) is 5.56 Å². The van der Waals surface area contributed by atoms with E-state index in [1.54, 1.807) is 19.5 Å². The molecule has 5 heteroatoms. The predicted octanol–water partition coefficient (Wildman–Crippen LogP) is 0.409. The molecule has 1 aromatic heterocycles. The van der Waals surface area contributed by atoms with E-state index in [1.807, 2.05) is 31.0 Å². The molecule has 0 aromatic carbocycles. The van der Waals surface area contributed by atoms with Crippen molar-refractivity contribution in [3.05, 3.63) is 30.1 Å². The molecule has 3 unspecified atom stereocenters. The molecule has 3 atom stereocenters. The lowest BCUT2D eigenvalue weighted by Gasteiger charge is -2.32. The highest BCUT2D eigenvalue weighted by atomic mass is 16.5. The Bertz CT molecular complexity index is 332. The maximum Gasteiger partial charge on any atom is 0.0900 e. The number of aliphatic hydroxyl groups excluding tert-OH is 1. The van der Waals surface area contributed by atoms with Crippen LogP contribution in [0, 0.1) is 0 Å². The van der Waals surface area contributed by atoms with Gasteiger partial charge >= 0.3 is 0 Å². The van der Waals surface area contributed by atoms with Gasteiger partial charge in [0.15, 0.2) is 0 Å². The van der Waals surface area contributed by atoms with Crippen molar-refractivity contribution in [1.82, 2.24) is 9.88 Å². The van der Waals surface area contributed by atoms with Crippen molar-refractivity contribution in [3.8, 4) is 0 Å². The summed E-state index contributed by atoms with van der Waals surface area (Å²) >= 11 is 0. The van der Waals surface area contributed by atoms with E-state index >= 15 is 0 Å². The number of nitrogens with zero attached hydrogens (tertiary/aromatic N) is 2. The van der Waals surface area contributed by atoms with Crippen LogP contribution in [-0.2, 0) is 4.74 Å². The van der Waals surface area contributed by atoms with E-state index in [4.69, 9.17) is 10.5 Å². The number of nitrogens with two attached hydrogens (primary N) is 1. The van der Waals surface area contributed by atoms with E-state index < -0.39 is 6.10 Å². The predicted molar refractivity (Wildman–Crippen MR) is 71.1 cm³/mol. The van der Waals surface area contributed by atoms with Gasteiger partial charge in [0, 0.05) is 38.1 Å². The van der Waals surface area contributed by atoms with Crippen LogP contribution in [-0.4, -0.2) is 54.4 Å². The first kappa shape index (κ1) is 15.0. The highest BCUT2D eigenvalue weighted by Gasteiger charge is 2.22. The van der Waals surface area contributed by atoms with E-state index in [2.05, 4.69) is 4.98 Å². The van der Waals surface area contributed by atoms with Crippen LogP contribution in [0.4, 0.5) is 0 Å². The zero-order valence-corrected chi connectivity index (χ0v) is 11.3. The molecule has 5 nitrogen and oxygen atoms in total. The Morgan fingerprint density at radius 2 is 2.06 bits per heavy atom. The van der Waals surface area contributed by atoms with Crippen LogP contribution in [0.15, 0.2) is 24.5 Å². The molecule has 0 amide bonds. The second-order valence-corrected chi connectivity index (χ2v) is 4.63. The van der Waals surface area contributed by atoms with Gasteiger partial charge in [0.25, 0.3) is 0 Å². The third-order valence-corrected chi connectivity index (χ3v) is 2.88. The molecule has 1 rings (SSSR count). The van der Waals surface area contributed by atoms with Crippen LogP contribution in [0.2, 0.25) is 0 Å². The minimum Gasteiger partial charge on any atom is -0.389 e. The molecular weight excluding hydrogens is 230 g/mol. The van der Waals surface area contributed by atoms with Crippen molar-refractivity contribution < 1.29 is 9.84 Å². The lowest BCUT2D eigenvalue weighted by molar-refractivity contribution is 0.0317. The molecule has 0 aliphatic heterocycles. The highest BCUT2D eigenvalue weighted by Crippen LogP contribution is 2.21. The number of methoxy groups -OCH3 is 1. The van der Waals surface area contributed by atoms with E-state index in [0.29, 0.717) is 13.2 Å². The molecule has 0 radical (unpaired) electrons. The van der Waals surface area contributed by atoms with Crippen LogP contribution >= 0.6 is 0 Å². The van der Waals surface area contributed by atoms with Crippen LogP contribution in [0.25, 0.3) is 0 Å². The van der Waals surface area contributed by atoms with Gasteiger partial charge in [-0.1, -0.05) is 0 Å². The summed E-state index contributed by atoms with van der Waals surface area (Å²) < 4.78 is 4.93. The van der Waals surface area contributed by atoms with Gasteiger partial charge in [0.2, 0.25) is 0 Å². The average molecular weight is 253 g/mol. The molecular formula is C13H23N3O2. The largest absolute Gasteiger partial charge is 0.389 e. The molecule has 0 spiro atoms. The molecule has 0 saturated carbocycles. The minimum absolute atomic E-state index is 0.0351. The number of aliphatic hydroxyl groups is 1. The Morgan fingerprint density at radius 3 is 2.56 bits per heavy atom. The lowest BCUT2D eigenvalue weighted by atomic mass is 10.0. The van der Waals surface area contributed by atoms with E-state index in [9.17, 15) is 5.11 Å². The smallest absolute Gasteiger partial charge is 0.0900 e. The third-order valence-electron chi connectivity index (χ3n) is 2.88. The van der Waals surface area contributed by atoms with E-state index in [1.165, 1.54) is 0 Å². The van der Waals surface area contributed by atoms with Crippen molar-refractivity contribution in [2.24, 2.45) is 5.73 Å². The maximum absolute atomic E-state index is 9.78.